The topological polar surface area (TPSA) is 103 Å². The van der Waals surface area contributed by atoms with E-state index in [4.69, 9.17) is 0 Å². The molecule has 0 aliphatic heterocycles. The Labute approximate surface area is 177 Å². The third-order valence-corrected chi connectivity index (χ3v) is 5.16. The molecule has 0 spiro atoms. The first-order valence-corrected chi connectivity index (χ1v) is 9.27. The van der Waals surface area contributed by atoms with Gasteiger partial charge >= 0.3 is 6.18 Å². The SMILES string of the molecule is Cn1nc2c(c1CC(=O)Nc1ncc(-c3ccc(C(F)(F)F)c(F)c3)[nH]1)c(=O)n(C)n2C. The lowest BCUT2D eigenvalue weighted by atomic mass is 10.1. The average molecular weight is 451 g/mol. The van der Waals surface area contributed by atoms with E-state index in [1.165, 1.54) is 15.6 Å². The Bertz CT molecular complexity index is 1410. The number of anilines is 1. The van der Waals surface area contributed by atoms with E-state index in [0.717, 1.165) is 12.1 Å². The number of fused-ring (bicyclic) bond motifs is 1. The second kappa shape index (κ2) is 7.35. The third kappa shape index (κ3) is 3.55. The van der Waals surface area contributed by atoms with Gasteiger partial charge in [-0.05, 0) is 12.1 Å². The first-order valence-electron chi connectivity index (χ1n) is 9.27. The highest BCUT2D eigenvalue weighted by Gasteiger charge is 2.34. The largest absolute Gasteiger partial charge is 0.419 e. The van der Waals surface area contributed by atoms with Crippen LogP contribution >= 0.6 is 0 Å². The standard InChI is InChI=1S/C19H17F4N7O2/c1-28-13(15-16(27-28)29(2)30(3)17(15)32)7-14(31)26-18-24-8-12(25-18)9-4-5-10(11(20)6-9)19(21,22)23/h4-6,8H,7H2,1-3H3,(H2,24,25,26,31). The molecule has 1 amide bonds. The van der Waals surface area contributed by atoms with E-state index in [9.17, 15) is 27.2 Å². The number of aromatic amines is 1. The summed E-state index contributed by atoms with van der Waals surface area (Å²) in [7, 11) is 4.88. The number of aromatic nitrogens is 6. The number of nitrogens with zero attached hydrogens (tertiary/aromatic N) is 5. The second-order valence-corrected chi connectivity index (χ2v) is 7.18. The summed E-state index contributed by atoms with van der Waals surface area (Å²) in [5.74, 6) is -1.90. The Morgan fingerprint density at radius 3 is 2.56 bits per heavy atom. The molecule has 0 aliphatic carbocycles. The van der Waals surface area contributed by atoms with E-state index in [0.29, 0.717) is 22.8 Å². The Kier molecular flexibility index (Phi) is 4.90. The summed E-state index contributed by atoms with van der Waals surface area (Å²) in [5.41, 5.74) is -0.466. The average Bonchev–Trinajstić information content (AvgIpc) is 3.35. The monoisotopic (exact) mass is 451 g/mol. The maximum absolute atomic E-state index is 13.8. The van der Waals surface area contributed by atoms with Crippen molar-refractivity contribution < 1.29 is 22.4 Å². The van der Waals surface area contributed by atoms with Crippen LogP contribution in [-0.2, 0) is 38.5 Å². The number of halogens is 4. The highest BCUT2D eigenvalue weighted by atomic mass is 19.4. The number of imidazole rings is 1. The molecular weight excluding hydrogens is 434 g/mol. The summed E-state index contributed by atoms with van der Waals surface area (Å²) in [5, 5.41) is 7.11. The van der Waals surface area contributed by atoms with Gasteiger partial charge in [0.05, 0.1) is 29.6 Å². The fraction of sp³-hybridized carbons (Fsp3) is 0.263. The number of hydrogen-bond acceptors (Lipinski definition) is 4. The Morgan fingerprint density at radius 1 is 1.19 bits per heavy atom. The molecule has 0 bridgehead atoms. The molecule has 0 radical (unpaired) electrons. The number of amides is 1. The molecule has 4 aromatic rings. The molecule has 1 aromatic carbocycles. The van der Waals surface area contributed by atoms with Crippen LogP contribution in [0.5, 0.6) is 0 Å². The summed E-state index contributed by atoms with van der Waals surface area (Å²) in [6.45, 7) is 0. The number of rotatable bonds is 4. The molecule has 9 nitrogen and oxygen atoms in total. The van der Waals surface area contributed by atoms with Gasteiger partial charge in [0.1, 0.15) is 11.2 Å². The smallest absolute Gasteiger partial charge is 0.324 e. The van der Waals surface area contributed by atoms with E-state index in [-0.39, 0.29) is 29.2 Å². The van der Waals surface area contributed by atoms with Crippen molar-refractivity contribution in [2.24, 2.45) is 21.1 Å². The number of carbonyl (C=O) groups excluding carboxylic acids is 1. The second-order valence-electron chi connectivity index (χ2n) is 7.18. The molecule has 0 saturated heterocycles. The maximum Gasteiger partial charge on any atom is 0.419 e. The molecule has 13 heteroatoms. The zero-order valence-corrected chi connectivity index (χ0v) is 17.1. The molecule has 3 aromatic heterocycles. The number of nitrogens with one attached hydrogen (secondary N) is 2. The van der Waals surface area contributed by atoms with Crippen LogP contribution in [0.4, 0.5) is 23.5 Å². The fourth-order valence-corrected chi connectivity index (χ4v) is 3.40. The van der Waals surface area contributed by atoms with Gasteiger partial charge in [-0.25, -0.2) is 9.37 Å². The van der Waals surface area contributed by atoms with Crippen molar-refractivity contribution >= 4 is 22.9 Å². The molecule has 0 unspecified atom stereocenters. The Morgan fingerprint density at radius 2 is 1.91 bits per heavy atom. The van der Waals surface area contributed by atoms with Crippen LogP contribution in [0.3, 0.4) is 0 Å². The summed E-state index contributed by atoms with van der Waals surface area (Å²) in [4.78, 5) is 31.6. The highest BCUT2D eigenvalue weighted by Crippen LogP contribution is 2.33. The highest BCUT2D eigenvalue weighted by molar-refractivity contribution is 5.93. The van der Waals surface area contributed by atoms with Crippen molar-refractivity contribution in [3.05, 3.63) is 51.8 Å². The van der Waals surface area contributed by atoms with Crippen molar-refractivity contribution in [1.29, 1.82) is 0 Å². The molecule has 3 heterocycles. The van der Waals surface area contributed by atoms with E-state index in [2.05, 4.69) is 20.4 Å². The fourth-order valence-electron chi connectivity index (χ4n) is 3.40. The van der Waals surface area contributed by atoms with Crippen molar-refractivity contribution in [2.75, 3.05) is 5.32 Å². The zero-order valence-electron chi connectivity index (χ0n) is 17.1. The number of aryl methyl sites for hydroxylation is 2. The third-order valence-electron chi connectivity index (χ3n) is 5.16. The van der Waals surface area contributed by atoms with Crippen molar-refractivity contribution in [3.63, 3.8) is 0 Å². The van der Waals surface area contributed by atoms with Crippen molar-refractivity contribution in [1.82, 2.24) is 29.1 Å². The van der Waals surface area contributed by atoms with Gasteiger partial charge in [0.2, 0.25) is 11.9 Å². The summed E-state index contributed by atoms with van der Waals surface area (Å²) < 4.78 is 56.4. The molecule has 0 saturated carbocycles. The zero-order chi connectivity index (χ0) is 23.4. The van der Waals surface area contributed by atoms with Gasteiger partial charge in [-0.1, -0.05) is 6.07 Å². The Hall–Kier alpha value is -3.90. The van der Waals surface area contributed by atoms with Gasteiger partial charge < -0.3 is 4.98 Å². The molecule has 2 N–H and O–H groups in total. The summed E-state index contributed by atoms with van der Waals surface area (Å²) in [6, 6.07) is 2.47. The number of hydrogen-bond donors (Lipinski definition) is 2. The number of alkyl halides is 3. The minimum Gasteiger partial charge on any atom is -0.324 e. The van der Waals surface area contributed by atoms with Crippen molar-refractivity contribution in [3.8, 4) is 11.3 Å². The Balaban J connectivity index is 1.54. The minimum absolute atomic E-state index is 0.0182. The van der Waals surface area contributed by atoms with Gasteiger partial charge in [0.25, 0.3) is 5.56 Å². The first-order chi connectivity index (χ1) is 15.0. The summed E-state index contributed by atoms with van der Waals surface area (Å²) in [6.07, 6.45) is -3.71. The molecule has 0 aliphatic rings. The van der Waals surface area contributed by atoms with Gasteiger partial charge in [0, 0.05) is 26.7 Å². The molecule has 0 fully saturated rings. The van der Waals surface area contributed by atoms with E-state index in [1.807, 2.05) is 0 Å². The van der Waals surface area contributed by atoms with E-state index < -0.39 is 23.5 Å². The van der Waals surface area contributed by atoms with Gasteiger partial charge in [-0.3, -0.25) is 29.0 Å². The first kappa shape index (κ1) is 21.3. The maximum atomic E-state index is 13.8. The minimum atomic E-state index is -4.80. The molecule has 32 heavy (non-hydrogen) atoms. The van der Waals surface area contributed by atoms with Crippen LogP contribution in [0.2, 0.25) is 0 Å². The number of H-pyrrole nitrogens is 1. The summed E-state index contributed by atoms with van der Waals surface area (Å²) >= 11 is 0. The van der Waals surface area contributed by atoms with Gasteiger partial charge in [-0.15, -0.1) is 0 Å². The van der Waals surface area contributed by atoms with E-state index >= 15 is 0 Å². The molecule has 4 rings (SSSR count). The van der Waals surface area contributed by atoms with Crippen molar-refractivity contribution in [2.45, 2.75) is 12.6 Å². The van der Waals surface area contributed by atoms with Crippen LogP contribution in [-0.4, -0.2) is 35.0 Å². The molecular formula is C19H17F4N7O2. The van der Waals surface area contributed by atoms with Crippen LogP contribution in [0, 0.1) is 5.82 Å². The van der Waals surface area contributed by atoms with Crippen LogP contribution in [0.1, 0.15) is 11.3 Å². The predicted molar refractivity (Wildman–Crippen MR) is 106 cm³/mol. The van der Waals surface area contributed by atoms with E-state index in [1.54, 1.807) is 25.8 Å². The van der Waals surface area contributed by atoms with Gasteiger partial charge in [-0.2, -0.15) is 18.3 Å². The number of benzene rings is 1. The number of carbonyl (C=O) groups is 1. The van der Waals surface area contributed by atoms with Crippen LogP contribution in [0.25, 0.3) is 22.3 Å². The lowest BCUT2D eigenvalue weighted by Crippen LogP contribution is -2.21. The predicted octanol–water partition coefficient (Wildman–Crippen LogP) is 2.34. The normalized spacial score (nSPS) is 12.0. The van der Waals surface area contributed by atoms with Crippen LogP contribution in [0.15, 0.2) is 29.2 Å². The van der Waals surface area contributed by atoms with Gasteiger partial charge in [0.15, 0.2) is 5.65 Å². The molecule has 168 valence electrons. The lowest BCUT2D eigenvalue weighted by Gasteiger charge is -2.08. The molecule has 0 atom stereocenters. The van der Waals surface area contributed by atoms with Crippen LogP contribution < -0.4 is 10.9 Å². The lowest BCUT2D eigenvalue weighted by molar-refractivity contribution is -0.140. The quantitative estimate of drug-likeness (QED) is 0.465.